The van der Waals surface area contributed by atoms with Gasteiger partial charge in [-0.05, 0) is 37.8 Å². The predicted octanol–water partition coefficient (Wildman–Crippen LogP) is 3.74. The molecule has 33 heavy (non-hydrogen) atoms. The van der Waals surface area contributed by atoms with Gasteiger partial charge in [-0.1, -0.05) is 18.6 Å². The van der Waals surface area contributed by atoms with Crippen LogP contribution in [0.1, 0.15) is 41.3 Å². The van der Waals surface area contributed by atoms with Crippen LogP contribution in [0.4, 0.5) is 19.1 Å². The number of aromatic nitrogens is 5. The van der Waals surface area contributed by atoms with E-state index >= 15 is 0 Å². The van der Waals surface area contributed by atoms with Gasteiger partial charge in [0.15, 0.2) is 0 Å². The lowest BCUT2D eigenvalue weighted by molar-refractivity contribution is -0.138. The Morgan fingerprint density at radius 3 is 2.55 bits per heavy atom. The summed E-state index contributed by atoms with van der Waals surface area (Å²) < 4.78 is 38.3. The summed E-state index contributed by atoms with van der Waals surface area (Å²) in [4.78, 5) is 24.4. The van der Waals surface area contributed by atoms with Gasteiger partial charge in [-0.15, -0.1) is 0 Å². The third-order valence-corrected chi connectivity index (χ3v) is 5.84. The molecule has 2 aromatic heterocycles. The minimum absolute atomic E-state index is 0.0881. The number of carbonyl (C=O) groups excluding carboxylic acids is 1. The van der Waals surface area contributed by atoms with Crippen LogP contribution in [-0.2, 0) is 6.18 Å². The van der Waals surface area contributed by atoms with E-state index in [9.17, 15) is 18.0 Å². The highest BCUT2D eigenvalue weighted by atomic mass is 19.4. The number of hydrogen-bond donors (Lipinski definition) is 1. The van der Waals surface area contributed by atoms with Crippen molar-refractivity contribution in [2.24, 2.45) is 5.92 Å². The zero-order chi connectivity index (χ0) is 23.6. The minimum atomic E-state index is -4.49. The number of carbonyl (C=O) groups is 1. The van der Waals surface area contributed by atoms with E-state index in [1.54, 1.807) is 12.4 Å². The average Bonchev–Trinajstić information content (AvgIpc) is 3.32. The molecule has 1 fully saturated rings. The molecule has 1 N–H and O–H groups in total. The quantitative estimate of drug-likeness (QED) is 0.625. The topological polar surface area (TPSA) is 88.8 Å². The Balaban J connectivity index is 1.55. The molecule has 1 aliphatic heterocycles. The number of piperidine rings is 1. The van der Waals surface area contributed by atoms with E-state index in [1.165, 1.54) is 4.80 Å². The number of hydrogen-bond acceptors (Lipinski definition) is 6. The molecule has 0 bridgehead atoms. The van der Waals surface area contributed by atoms with Gasteiger partial charge in [0.25, 0.3) is 5.91 Å². The third-order valence-electron chi connectivity index (χ3n) is 5.84. The molecular formula is C22H24F3N7O. The summed E-state index contributed by atoms with van der Waals surface area (Å²) in [7, 11) is 0. The molecule has 1 saturated heterocycles. The number of halogens is 3. The molecule has 11 heteroatoms. The third kappa shape index (κ3) is 4.96. The van der Waals surface area contributed by atoms with Gasteiger partial charge >= 0.3 is 6.18 Å². The number of aryl methyl sites for hydroxylation is 1. The Hall–Kier alpha value is -3.50. The van der Waals surface area contributed by atoms with E-state index in [0.717, 1.165) is 30.8 Å². The van der Waals surface area contributed by atoms with Gasteiger partial charge in [-0.3, -0.25) is 4.79 Å². The van der Waals surface area contributed by atoms with Crippen molar-refractivity contribution in [1.82, 2.24) is 29.9 Å². The molecule has 1 aliphatic rings. The van der Waals surface area contributed by atoms with Gasteiger partial charge in [-0.25, -0.2) is 9.97 Å². The summed E-state index contributed by atoms with van der Waals surface area (Å²) >= 11 is 0. The number of alkyl halides is 3. The highest BCUT2D eigenvalue weighted by Crippen LogP contribution is 2.29. The van der Waals surface area contributed by atoms with Gasteiger partial charge in [0, 0.05) is 25.5 Å². The van der Waals surface area contributed by atoms with Crippen molar-refractivity contribution < 1.29 is 18.0 Å². The van der Waals surface area contributed by atoms with E-state index in [-0.39, 0.29) is 23.8 Å². The molecule has 174 valence electrons. The zero-order valence-corrected chi connectivity index (χ0v) is 18.3. The van der Waals surface area contributed by atoms with Crippen molar-refractivity contribution in [2.45, 2.75) is 38.9 Å². The van der Waals surface area contributed by atoms with Crippen LogP contribution in [0.15, 0.2) is 43.0 Å². The summed E-state index contributed by atoms with van der Waals surface area (Å²) in [6, 6.07) is 5.36. The van der Waals surface area contributed by atoms with Crippen molar-refractivity contribution in [3.8, 4) is 5.69 Å². The predicted molar refractivity (Wildman–Crippen MR) is 115 cm³/mol. The molecule has 0 aliphatic carbocycles. The first-order valence-electron chi connectivity index (χ1n) is 10.7. The van der Waals surface area contributed by atoms with Crippen LogP contribution in [0.3, 0.4) is 0 Å². The lowest BCUT2D eigenvalue weighted by atomic mass is 9.90. The van der Waals surface area contributed by atoms with Gasteiger partial charge in [-0.2, -0.15) is 28.2 Å². The smallest absolute Gasteiger partial charge is 0.352 e. The second kappa shape index (κ2) is 9.16. The Morgan fingerprint density at radius 2 is 1.88 bits per heavy atom. The minimum Gasteiger partial charge on any atom is -0.352 e. The van der Waals surface area contributed by atoms with Crippen LogP contribution in [-0.4, -0.2) is 54.9 Å². The van der Waals surface area contributed by atoms with Crippen molar-refractivity contribution in [2.75, 3.05) is 18.4 Å². The molecule has 8 nitrogen and oxygen atoms in total. The van der Waals surface area contributed by atoms with Crippen LogP contribution in [0, 0.1) is 12.8 Å². The van der Waals surface area contributed by atoms with Crippen LogP contribution < -0.4 is 5.32 Å². The summed E-state index contributed by atoms with van der Waals surface area (Å²) in [5.41, 5.74) is 1.12. The molecule has 2 atom stereocenters. The second-order valence-electron chi connectivity index (χ2n) is 8.20. The Morgan fingerprint density at radius 1 is 1.18 bits per heavy atom. The van der Waals surface area contributed by atoms with E-state index in [4.69, 9.17) is 0 Å². The Bertz CT molecular complexity index is 1100. The largest absolute Gasteiger partial charge is 0.419 e. The van der Waals surface area contributed by atoms with E-state index < -0.39 is 11.7 Å². The molecule has 0 radical (unpaired) electrons. The summed E-state index contributed by atoms with van der Waals surface area (Å²) in [5.74, 6) is 0.128. The molecule has 3 heterocycles. The lowest BCUT2D eigenvalue weighted by Gasteiger charge is -2.40. The van der Waals surface area contributed by atoms with E-state index in [1.807, 2.05) is 30.0 Å². The molecule has 4 rings (SSSR count). The van der Waals surface area contributed by atoms with Crippen molar-refractivity contribution >= 4 is 11.9 Å². The van der Waals surface area contributed by atoms with Crippen LogP contribution in [0.5, 0.6) is 0 Å². The van der Waals surface area contributed by atoms with Crippen molar-refractivity contribution in [3.63, 3.8) is 0 Å². The molecule has 0 spiro atoms. The maximum absolute atomic E-state index is 13.7. The average molecular weight is 459 g/mol. The number of anilines is 1. The lowest BCUT2D eigenvalue weighted by Crippen LogP contribution is -2.51. The fourth-order valence-corrected chi connectivity index (χ4v) is 4.06. The summed E-state index contributed by atoms with van der Waals surface area (Å²) in [6.45, 7) is 4.87. The molecule has 1 aromatic carbocycles. The van der Waals surface area contributed by atoms with Gasteiger partial charge in [0.1, 0.15) is 0 Å². The van der Waals surface area contributed by atoms with Crippen LogP contribution in [0.2, 0.25) is 0 Å². The number of likely N-dealkylation sites (tertiary alicyclic amines) is 1. The number of rotatable bonds is 5. The Kier molecular flexibility index (Phi) is 6.30. The highest BCUT2D eigenvalue weighted by Gasteiger charge is 2.34. The van der Waals surface area contributed by atoms with Crippen molar-refractivity contribution in [1.29, 1.82) is 0 Å². The first kappa shape index (κ1) is 22.7. The number of benzene rings is 1. The SMILES string of the molecule is Cc1ccc(-n2nccn2)c(C(=O)N2CCC[C@@H](C)C2CNc2ncc(C(F)(F)F)cn2)c1. The van der Waals surface area contributed by atoms with E-state index in [2.05, 4.69) is 32.4 Å². The number of nitrogens with one attached hydrogen (secondary N) is 1. The maximum Gasteiger partial charge on any atom is 0.419 e. The second-order valence-corrected chi connectivity index (χ2v) is 8.20. The fourth-order valence-electron chi connectivity index (χ4n) is 4.06. The van der Waals surface area contributed by atoms with Crippen LogP contribution >= 0.6 is 0 Å². The first-order valence-corrected chi connectivity index (χ1v) is 10.7. The standard InChI is InChI=1S/C22H24F3N7O/c1-14-5-6-18(32-29-7-8-30-32)17(10-14)20(33)31-9-3-4-15(2)19(31)13-28-21-26-11-16(12-27-21)22(23,24)25/h5-8,10-12,15,19H,3-4,9,13H2,1-2H3,(H,26,27,28)/t15-,19?/m1/s1. The molecule has 0 saturated carbocycles. The number of amides is 1. The van der Waals surface area contributed by atoms with Gasteiger partial charge in [0.2, 0.25) is 5.95 Å². The molecule has 1 unspecified atom stereocenters. The summed E-state index contributed by atoms with van der Waals surface area (Å²) in [5, 5.41) is 11.3. The normalized spacial score (nSPS) is 18.9. The van der Waals surface area contributed by atoms with E-state index in [0.29, 0.717) is 24.3 Å². The molecular weight excluding hydrogens is 435 g/mol. The fraction of sp³-hybridized carbons (Fsp3) is 0.409. The van der Waals surface area contributed by atoms with Crippen molar-refractivity contribution in [3.05, 3.63) is 59.7 Å². The summed E-state index contributed by atoms with van der Waals surface area (Å²) in [6.07, 6.45) is 1.90. The van der Waals surface area contributed by atoms with Crippen LogP contribution in [0.25, 0.3) is 5.69 Å². The Labute approximate surface area is 188 Å². The van der Waals surface area contributed by atoms with Gasteiger partial charge < -0.3 is 10.2 Å². The molecule has 1 amide bonds. The monoisotopic (exact) mass is 459 g/mol. The van der Waals surface area contributed by atoms with Gasteiger partial charge in [0.05, 0.1) is 35.2 Å². The zero-order valence-electron chi connectivity index (χ0n) is 18.3. The first-order chi connectivity index (χ1) is 15.7. The molecule has 3 aromatic rings. The maximum atomic E-state index is 13.7. The number of nitrogens with zero attached hydrogens (tertiary/aromatic N) is 6. The highest BCUT2D eigenvalue weighted by molar-refractivity contribution is 5.98.